The Hall–Kier alpha value is 0.390. The number of hydrogen-bond acceptors (Lipinski definition) is 4. The van der Waals surface area contributed by atoms with Gasteiger partial charge in [0.05, 0.1) is 6.61 Å². The minimum absolute atomic E-state index is 0.268. The van der Waals surface area contributed by atoms with E-state index in [1.807, 2.05) is 34.9 Å². The van der Waals surface area contributed by atoms with Gasteiger partial charge in [-0.3, -0.25) is 10.5 Å². The summed E-state index contributed by atoms with van der Waals surface area (Å²) in [5, 5.41) is 11.4. The highest BCUT2D eigenvalue weighted by atomic mass is 32.9. The van der Waals surface area contributed by atoms with E-state index < -0.39 is 5.62 Å². The van der Waals surface area contributed by atoms with E-state index >= 15 is 0 Å². The summed E-state index contributed by atoms with van der Waals surface area (Å²) in [5.74, 6) is 0. The highest BCUT2D eigenvalue weighted by Gasteiger charge is 2.22. The number of amidine groups is 1. The lowest BCUT2D eigenvalue weighted by Gasteiger charge is -2.26. The maximum atomic E-state index is 7.75. The predicted molar refractivity (Wildman–Crippen MR) is 73.2 cm³/mol. The van der Waals surface area contributed by atoms with Gasteiger partial charge in [0.25, 0.3) is 0 Å². The van der Waals surface area contributed by atoms with Gasteiger partial charge in [-0.25, -0.2) is 0 Å². The summed E-state index contributed by atoms with van der Waals surface area (Å²) in [5.41, 5.74) is -2.15. The zero-order valence-corrected chi connectivity index (χ0v) is 12.4. The van der Waals surface area contributed by atoms with Crippen molar-refractivity contribution in [3.05, 3.63) is 0 Å². The molecule has 0 fully saturated rings. The Labute approximate surface area is 102 Å². The van der Waals surface area contributed by atoms with Crippen LogP contribution in [0.5, 0.6) is 0 Å². The van der Waals surface area contributed by atoms with Gasteiger partial charge in [0.2, 0.25) is 0 Å². The van der Waals surface area contributed by atoms with E-state index in [2.05, 4.69) is 5.09 Å². The summed E-state index contributed by atoms with van der Waals surface area (Å²) >= 11 is 6.76. The van der Waals surface area contributed by atoms with E-state index in [0.29, 0.717) is 11.8 Å². The minimum Gasteiger partial charge on any atom is -0.357 e. The zero-order valence-electron chi connectivity index (χ0n) is 9.90. The van der Waals surface area contributed by atoms with Crippen molar-refractivity contribution in [2.24, 2.45) is 0 Å². The van der Waals surface area contributed by atoms with E-state index in [1.54, 1.807) is 4.90 Å². The molecule has 0 spiro atoms. The van der Waals surface area contributed by atoms with Gasteiger partial charge in [-0.05, 0) is 44.0 Å². The molecule has 0 radical (unpaired) electrons. The van der Waals surface area contributed by atoms with Crippen LogP contribution in [0.2, 0.25) is 0 Å². The van der Waals surface area contributed by atoms with Gasteiger partial charge in [0.1, 0.15) is 0 Å². The number of nitrogens with zero attached hydrogens (tertiary/aromatic N) is 1. The fourth-order valence-electron chi connectivity index (χ4n) is 0.772. The molecule has 0 aromatic heterocycles. The Kier molecular flexibility index (Phi) is 7.04. The lowest BCUT2D eigenvalue weighted by atomic mass is 10.4. The van der Waals surface area contributed by atoms with E-state index in [0.717, 1.165) is 0 Å². The first-order chi connectivity index (χ1) is 6.80. The van der Waals surface area contributed by atoms with Gasteiger partial charge in [-0.15, -0.1) is 0 Å². The van der Waals surface area contributed by atoms with Gasteiger partial charge in [0, 0.05) is 20.1 Å². The van der Waals surface area contributed by atoms with E-state index in [1.165, 1.54) is 11.4 Å². The Morgan fingerprint density at radius 2 is 2.13 bits per heavy atom. The van der Waals surface area contributed by atoms with E-state index in [9.17, 15) is 0 Å². The Balaban J connectivity index is 4.51. The van der Waals surface area contributed by atoms with Gasteiger partial charge in [-0.2, -0.15) is 0 Å². The normalized spacial score (nSPS) is 15.1. The standard InChI is InChI=1S/C8H20N3OPS2/c1-6-12-13(14,10-7(2)3)15-8(9)11(4)5/h7,9H,6H2,1-5H3,(H,10,14). The third-order valence-electron chi connectivity index (χ3n) is 1.33. The van der Waals surface area contributed by atoms with Crippen LogP contribution in [-0.2, 0) is 16.3 Å². The molecule has 0 rings (SSSR count). The second kappa shape index (κ2) is 6.86. The SMILES string of the molecule is CCOP(=S)(NC(C)C)SC(=N)N(C)C. The molecule has 0 saturated heterocycles. The number of nitrogens with one attached hydrogen (secondary N) is 2. The maximum Gasteiger partial charge on any atom is 0.193 e. The summed E-state index contributed by atoms with van der Waals surface area (Å²) < 4.78 is 5.57. The molecular weight excluding hydrogens is 249 g/mol. The van der Waals surface area contributed by atoms with Crippen molar-refractivity contribution < 1.29 is 4.52 Å². The molecule has 0 bridgehead atoms. The Morgan fingerprint density at radius 3 is 2.47 bits per heavy atom. The fraction of sp³-hybridized carbons (Fsp3) is 0.875. The van der Waals surface area contributed by atoms with Crippen molar-refractivity contribution in [2.75, 3.05) is 20.7 Å². The van der Waals surface area contributed by atoms with Gasteiger partial charge < -0.3 is 9.42 Å². The van der Waals surface area contributed by atoms with Crippen molar-refractivity contribution in [2.45, 2.75) is 26.8 Å². The molecule has 90 valence electrons. The molecule has 0 aromatic carbocycles. The number of rotatable bonds is 5. The quantitative estimate of drug-likeness (QED) is 0.456. The van der Waals surface area contributed by atoms with Crippen LogP contribution in [0.1, 0.15) is 20.8 Å². The molecule has 1 unspecified atom stereocenters. The monoisotopic (exact) mass is 269 g/mol. The van der Waals surface area contributed by atoms with Crippen LogP contribution in [0, 0.1) is 5.41 Å². The van der Waals surface area contributed by atoms with Crippen LogP contribution in [0.3, 0.4) is 0 Å². The van der Waals surface area contributed by atoms with Crippen LogP contribution >= 0.6 is 17.0 Å². The van der Waals surface area contributed by atoms with Gasteiger partial charge in [0.15, 0.2) is 10.8 Å². The smallest absolute Gasteiger partial charge is 0.193 e. The lowest BCUT2D eigenvalue weighted by molar-refractivity contribution is 0.376. The first-order valence-corrected chi connectivity index (χ1v) is 8.92. The van der Waals surface area contributed by atoms with Gasteiger partial charge >= 0.3 is 0 Å². The molecule has 4 nitrogen and oxygen atoms in total. The topological polar surface area (TPSA) is 48.4 Å². The zero-order chi connectivity index (χ0) is 12.1. The molecule has 0 saturated carbocycles. The summed E-state index contributed by atoms with van der Waals surface area (Å²) in [6.45, 7) is 6.55. The molecule has 0 aliphatic rings. The fourth-order valence-corrected chi connectivity index (χ4v) is 6.34. The summed E-state index contributed by atoms with van der Waals surface area (Å²) in [4.78, 5) is 1.73. The molecule has 0 amide bonds. The minimum atomic E-state index is -2.15. The highest BCUT2D eigenvalue weighted by Crippen LogP contribution is 2.57. The largest absolute Gasteiger partial charge is 0.357 e. The second-order valence-corrected chi connectivity index (χ2v) is 9.90. The molecule has 0 aliphatic carbocycles. The third-order valence-corrected chi connectivity index (χ3v) is 6.71. The van der Waals surface area contributed by atoms with Crippen LogP contribution < -0.4 is 5.09 Å². The molecule has 2 N–H and O–H groups in total. The van der Waals surface area contributed by atoms with E-state index in [-0.39, 0.29) is 6.04 Å². The number of hydrogen-bond donors (Lipinski definition) is 2. The van der Waals surface area contributed by atoms with E-state index in [4.69, 9.17) is 21.7 Å². The molecule has 0 aromatic rings. The molecule has 0 aliphatic heterocycles. The third kappa shape index (κ3) is 6.53. The highest BCUT2D eigenvalue weighted by molar-refractivity contribution is 8.74. The van der Waals surface area contributed by atoms with Crippen LogP contribution in [0.4, 0.5) is 0 Å². The molecular formula is C8H20N3OPS2. The maximum absolute atomic E-state index is 7.75. The van der Waals surface area contributed by atoms with Crippen LogP contribution in [-0.4, -0.2) is 36.8 Å². The van der Waals surface area contributed by atoms with Crippen LogP contribution in [0.25, 0.3) is 0 Å². The van der Waals surface area contributed by atoms with Crippen molar-refractivity contribution in [1.29, 1.82) is 5.41 Å². The van der Waals surface area contributed by atoms with Crippen molar-refractivity contribution in [1.82, 2.24) is 9.99 Å². The molecule has 7 heteroatoms. The van der Waals surface area contributed by atoms with Gasteiger partial charge in [-0.1, -0.05) is 0 Å². The summed E-state index contributed by atoms with van der Waals surface area (Å²) in [6, 6.07) is 0.268. The Bertz CT molecular complexity index is 258. The average molecular weight is 269 g/mol. The predicted octanol–water partition coefficient (Wildman–Crippen LogP) is 2.47. The Morgan fingerprint density at radius 1 is 1.60 bits per heavy atom. The summed E-state index contributed by atoms with van der Waals surface area (Å²) in [6.07, 6.45) is 0. The average Bonchev–Trinajstić information content (AvgIpc) is 2.01. The second-order valence-electron chi connectivity index (χ2n) is 3.49. The van der Waals surface area contributed by atoms with Crippen molar-refractivity contribution >= 4 is 34.0 Å². The molecule has 0 heterocycles. The summed E-state index contributed by atoms with van der Waals surface area (Å²) in [7, 11) is 3.66. The lowest BCUT2D eigenvalue weighted by Crippen LogP contribution is -2.23. The molecule has 15 heavy (non-hydrogen) atoms. The first-order valence-electron chi connectivity index (χ1n) is 4.78. The molecule has 1 atom stereocenters. The van der Waals surface area contributed by atoms with Crippen LogP contribution in [0.15, 0.2) is 0 Å². The first kappa shape index (κ1) is 15.4. The van der Waals surface area contributed by atoms with Crippen molar-refractivity contribution in [3.8, 4) is 0 Å². The van der Waals surface area contributed by atoms with Crippen molar-refractivity contribution in [3.63, 3.8) is 0 Å².